The molecule has 2 aromatic carbocycles. The minimum absolute atomic E-state index is 0.115. The smallest absolute Gasteiger partial charge is 0.313 e. The second-order valence-corrected chi connectivity index (χ2v) is 7.67. The highest BCUT2D eigenvalue weighted by Gasteiger charge is 2.19. The number of aromatic amines is 2. The van der Waals surface area contributed by atoms with Crippen LogP contribution in [0.5, 0.6) is 0 Å². The number of carbonyl (C=O) groups is 1. The molecule has 0 aliphatic rings. The Bertz CT molecular complexity index is 1280. The van der Waals surface area contributed by atoms with Crippen molar-refractivity contribution in [2.45, 2.75) is 11.8 Å². The Morgan fingerprint density at radius 3 is 2.41 bits per heavy atom. The molecule has 0 saturated heterocycles. The van der Waals surface area contributed by atoms with Crippen LogP contribution >= 0.6 is 0 Å². The first-order chi connectivity index (χ1) is 13.7. The van der Waals surface area contributed by atoms with Gasteiger partial charge >= 0.3 is 11.7 Å². The van der Waals surface area contributed by atoms with Gasteiger partial charge in [-0.2, -0.15) is 0 Å². The number of hydrogen-bond acceptors (Lipinski definition) is 5. The van der Waals surface area contributed by atoms with Crippen molar-refractivity contribution in [3.05, 3.63) is 81.1 Å². The number of hydrogen-bond donors (Lipinski definition) is 5. The summed E-state index contributed by atoms with van der Waals surface area (Å²) >= 11 is 0. The number of aromatic nitrogens is 2. The molecule has 0 bridgehead atoms. The Kier molecular flexibility index (Phi) is 5.50. The summed E-state index contributed by atoms with van der Waals surface area (Å²) in [7, 11) is -4.25. The standard InChI is InChI=1S/C18H17N5O5S/c1-11-5-2-3-8-14(11)21-18(26)20-12-6-4-7-13(9-12)23-29(27,28)15-10-19-17(25)22-16(15)24/h2-10,23H,1H3,(H2,20,21,26)(H2,19,22,24,25). The average Bonchev–Trinajstić information content (AvgIpc) is 2.63. The van der Waals surface area contributed by atoms with Gasteiger partial charge in [-0.1, -0.05) is 24.3 Å². The maximum absolute atomic E-state index is 12.4. The summed E-state index contributed by atoms with van der Waals surface area (Å²) in [6.07, 6.45) is 0.807. The van der Waals surface area contributed by atoms with Crippen molar-refractivity contribution in [3.8, 4) is 0 Å². The number of benzene rings is 2. The summed E-state index contributed by atoms with van der Waals surface area (Å²) in [5.74, 6) is 0. The number of anilines is 3. The second kappa shape index (κ2) is 8.02. The van der Waals surface area contributed by atoms with Gasteiger partial charge in [0.2, 0.25) is 0 Å². The fraction of sp³-hybridized carbons (Fsp3) is 0.0556. The number of para-hydroxylation sites is 1. The van der Waals surface area contributed by atoms with Crippen LogP contribution in [0, 0.1) is 6.92 Å². The molecule has 1 heterocycles. The van der Waals surface area contributed by atoms with Crippen molar-refractivity contribution < 1.29 is 13.2 Å². The summed E-state index contributed by atoms with van der Waals surface area (Å²) in [4.78, 5) is 38.3. The highest BCUT2D eigenvalue weighted by atomic mass is 32.2. The molecule has 1 aromatic heterocycles. The van der Waals surface area contributed by atoms with Crippen LogP contribution in [0.25, 0.3) is 0 Å². The van der Waals surface area contributed by atoms with Crippen LogP contribution in [-0.4, -0.2) is 24.4 Å². The van der Waals surface area contributed by atoms with E-state index in [4.69, 9.17) is 0 Å². The topological polar surface area (TPSA) is 153 Å². The molecule has 0 fully saturated rings. The van der Waals surface area contributed by atoms with Crippen molar-refractivity contribution in [1.29, 1.82) is 0 Å². The highest BCUT2D eigenvalue weighted by molar-refractivity contribution is 7.92. The summed E-state index contributed by atoms with van der Waals surface area (Å²) in [6.45, 7) is 1.85. The summed E-state index contributed by atoms with van der Waals surface area (Å²) in [6, 6.07) is 12.7. The Labute approximate surface area is 165 Å². The third-order valence-electron chi connectivity index (χ3n) is 3.84. The van der Waals surface area contributed by atoms with Gasteiger partial charge in [-0.3, -0.25) is 14.5 Å². The molecule has 0 spiro atoms. The highest BCUT2D eigenvalue weighted by Crippen LogP contribution is 2.19. The molecule has 2 amide bonds. The Hall–Kier alpha value is -3.86. The van der Waals surface area contributed by atoms with E-state index in [2.05, 4.69) is 20.3 Å². The van der Waals surface area contributed by atoms with Crippen molar-refractivity contribution in [2.75, 3.05) is 15.4 Å². The zero-order valence-electron chi connectivity index (χ0n) is 15.1. The quantitative estimate of drug-likeness (QED) is 0.430. The van der Waals surface area contributed by atoms with E-state index in [0.29, 0.717) is 11.4 Å². The second-order valence-electron chi connectivity index (χ2n) is 6.02. The minimum atomic E-state index is -4.25. The van der Waals surface area contributed by atoms with Crippen LogP contribution in [0.1, 0.15) is 5.56 Å². The largest absolute Gasteiger partial charge is 0.325 e. The first kappa shape index (κ1) is 19.9. The third-order valence-corrected chi connectivity index (χ3v) is 5.23. The van der Waals surface area contributed by atoms with E-state index in [1.165, 1.54) is 18.2 Å². The molecular formula is C18H17N5O5S. The van der Waals surface area contributed by atoms with E-state index in [-0.39, 0.29) is 5.69 Å². The lowest BCUT2D eigenvalue weighted by Crippen LogP contribution is -2.29. The predicted octanol–water partition coefficient (Wildman–Crippen LogP) is 1.82. The van der Waals surface area contributed by atoms with Gasteiger partial charge in [-0.05, 0) is 36.8 Å². The molecule has 0 atom stereocenters. The first-order valence-corrected chi connectivity index (χ1v) is 9.81. The van der Waals surface area contributed by atoms with Crippen LogP contribution in [0.2, 0.25) is 0 Å². The molecule has 29 heavy (non-hydrogen) atoms. The van der Waals surface area contributed by atoms with Crippen molar-refractivity contribution in [1.82, 2.24) is 9.97 Å². The maximum Gasteiger partial charge on any atom is 0.325 e. The molecule has 0 aliphatic carbocycles. The van der Waals surface area contributed by atoms with Crippen LogP contribution in [0.3, 0.4) is 0 Å². The monoisotopic (exact) mass is 415 g/mol. The zero-order chi connectivity index (χ0) is 21.0. The predicted molar refractivity (Wildman–Crippen MR) is 109 cm³/mol. The summed E-state index contributed by atoms with van der Waals surface area (Å²) in [5.41, 5.74) is 0.0957. The summed E-state index contributed by atoms with van der Waals surface area (Å²) < 4.78 is 27.0. The van der Waals surface area contributed by atoms with Gasteiger partial charge in [0, 0.05) is 17.6 Å². The van der Waals surface area contributed by atoms with Gasteiger partial charge in [0.05, 0.1) is 5.69 Å². The lowest BCUT2D eigenvalue weighted by Gasteiger charge is -2.11. The number of sulfonamides is 1. The number of nitrogens with one attached hydrogen (secondary N) is 5. The van der Waals surface area contributed by atoms with Gasteiger partial charge in [-0.25, -0.2) is 18.0 Å². The zero-order valence-corrected chi connectivity index (χ0v) is 16.0. The van der Waals surface area contributed by atoms with Crippen LogP contribution in [0.15, 0.2) is 69.2 Å². The van der Waals surface area contributed by atoms with Crippen LogP contribution < -0.4 is 26.6 Å². The molecule has 150 valence electrons. The number of H-pyrrole nitrogens is 2. The molecule has 0 radical (unpaired) electrons. The van der Waals surface area contributed by atoms with Gasteiger partial charge in [0.15, 0.2) is 4.90 Å². The Morgan fingerprint density at radius 1 is 0.966 bits per heavy atom. The number of amides is 2. The van der Waals surface area contributed by atoms with Gasteiger partial charge in [0.25, 0.3) is 15.6 Å². The van der Waals surface area contributed by atoms with Gasteiger partial charge < -0.3 is 15.6 Å². The van der Waals surface area contributed by atoms with E-state index < -0.39 is 32.2 Å². The SMILES string of the molecule is Cc1ccccc1NC(=O)Nc1cccc(NS(=O)(=O)c2c[nH]c(=O)[nH]c2=O)c1. The van der Waals surface area contributed by atoms with Crippen molar-refractivity contribution in [3.63, 3.8) is 0 Å². The first-order valence-electron chi connectivity index (χ1n) is 8.33. The number of urea groups is 1. The molecule has 3 rings (SSSR count). The van der Waals surface area contributed by atoms with E-state index in [1.807, 2.05) is 24.0 Å². The molecular weight excluding hydrogens is 398 g/mol. The Balaban J connectivity index is 1.75. The van der Waals surface area contributed by atoms with E-state index in [1.54, 1.807) is 18.2 Å². The van der Waals surface area contributed by atoms with Crippen molar-refractivity contribution >= 4 is 33.1 Å². The molecule has 10 nitrogen and oxygen atoms in total. The van der Waals surface area contributed by atoms with E-state index >= 15 is 0 Å². The molecule has 0 saturated carbocycles. The summed E-state index contributed by atoms with van der Waals surface area (Å²) in [5, 5.41) is 5.30. The number of aryl methyl sites for hydroxylation is 1. The number of carbonyl (C=O) groups excluding carboxylic acids is 1. The van der Waals surface area contributed by atoms with Gasteiger partial charge in [-0.15, -0.1) is 0 Å². The molecule has 3 aromatic rings. The van der Waals surface area contributed by atoms with Gasteiger partial charge in [0.1, 0.15) is 0 Å². The molecule has 0 aliphatic heterocycles. The molecule has 5 N–H and O–H groups in total. The number of rotatable bonds is 5. The van der Waals surface area contributed by atoms with Crippen LogP contribution in [0.4, 0.5) is 21.9 Å². The van der Waals surface area contributed by atoms with E-state index in [0.717, 1.165) is 11.8 Å². The normalized spacial score (nSPS) is 10.9. The Morgan fingerprint density at radius 2 is 1.69 bits per heavy atom. The minimum Gasteiger partial charge on any atom is -0.313 e. The van der Waals surface area contributed by atoms with E-state index in [9.17, 15) is 22.8 Å². The van der Waals surface area contributed by atoms with Crippen molar-refractivity contribution in [2.24, 2.45) is 0 Å². The fourth-order valence-corrected chi connectivity index (χ4v) is 3.52. The molecule has 0 unspecified atom stereocenters. The maximum atomic E-state index is 12.4. The third kappa shape index (κ3) is 4.90. The average molecular weight is 415 g/mol. The lowest BCUT2D eigenvalue weighted by atomic mass is 10.2. The lowest BCUT2D eigenvalue weighted by molar-refractivity contribution is 0.262. The molecule has 11 heteroatoms. The fourth-order valence-electron chi connectivity index (χ4n) is 2.47. The van der Waals surface area contributed by atoms with Crippen LogP contribution in [-0.2, 0) is 10.0 Å².